The highest BCUT2D eigenvalue weighted by Gasteiger charge is 1.99. The molecule has 2 rings (SSSR count). The Balaban J connectivity index is 1.88. The highest BCUT2D eigenvalue weighted by atomic mass is 16.5. The van der Waals surface area contributed by atoms with Crippen molar-refractivity contribution < 1.29 is 4.74 Å². The second-order valence-electron chi connectivity index (χ2n) is 5.22. The van der Waals surface area contributed by atoms with Gasteiger partial charge in [-0.2, -0.15) is 0 Å². The molecule has 0 unspecified atom stereocenters. The van der Waals surface area contributed by atoms with Crippen LogP contribution < -0.4 is 0 Å². The van der Waals surface area contributed by atoms with Crippen molar-refractivity contribution in [3.05, 3.63) is 76.4 Å². The minimum atomic E-state index is 0.641. The van der Waals surface area contributed by atoms with Crippen molar-refractivity contribution in [1.29, 1.82) is 0 Å². The maximum atomic E-state index is 5.66. The minimum Gasteiger partial charge on any atom is -0.373 e. The van der Waals surface area contributed by atoms with Gasteiger partial charge in [-0.3, -0.25) is 0 Å². The van der Waals surface area contributed by atoms with E-state index in [1.807, 2.05) is 18.2 Å². The first-order chi connectivity index (χ1) is 9.66. The first-order valence-electron chi connectivity index (χ1n) is 7.03. The molecule has 0 saturated carbocycles. The monoisotopic (exact) mass is 266 g/mol. The van der Waals surface area contributed by atoms with E-state index >= 15 is 0 Å². The molecular weight excluding hydrogens is 244 g/mol. The van der Waals surface area contributed by atoms with Crippen molar-refractivity contribution in [2.24, 2.45) is 0 Å². The van der Waals surface area contributed by atoms with Crippen LogP contribution in [0.3, 0.4) is 0 Å². The maximum absolute atomic E-state index is 5.66. The van der Waals surface area contributed by atoms with Crippen molar-refractivity contribution in [3.63, 3.8) is 0 Å². The van der Waals surface area contributed by atoms with Crippen LogP contribution in [0.25, 0.3) is 6.08 Å². The van der Waals surface area contributed by atoms with E-state index in [0.29, 0.717) is 13.2 Å². The predicted molar refractivity (Wildman–Crippen MR) is 85.8 cm³/mol. The van der Waals surface area contributed by atoms with E-state index in [1.54, 1.807) is 0 Å². The van der Waals surface area contributed by atoms with E-state index in [1.165, 1.54) is 27.8 Å². The Bertz CT molecular complexity index is 559. The third-order valence-corrected chi connectivity index (χ3v) is 3.35. The Morgan fingerprint density at radius 3 is 2.25 bits per heavy atom. The summed E-state index contributed by atoms with van der Waals surface area (Å²) in [7, 11) is 0. The quantitative estimate of drug-likeness (QED) is 0.703. The normalized spacial score (nSPS) is 11.2. The molecule has 104 valence electrons. The highest BCUT2D eigenvalue weighted by Crippen LogP contribution is 2.17. The second kappa shape index (κ2) is 7.06. The summed E-state index contributed by atoms with van der Waals surface area (Å²) in [5.74, 6) is 0. The average molecular weight is 266 g/mol. The summed E-state index contributed by atoms with van der Waals surface area (Å²) >= 11 is 0. The summed E-state index contributed by atoms with van der Waals surface area (Å²) < 4.78 is 5.66. The zero-order valence-corrected chi connectivity index (χ0v) is 12.5. The molecule has 0 spiro atoms. The molecule has 0 fully saturated rings. The van der Waals surface area contributed by atoms with E-state index < -0.39 is 0 Å². The second-order valence-corrected chi connectivity index (χ2v) is 5.22. The van der Waals surface area contributed by atoms with Crippen molar-refractivity contribution in [2.45, 2.75) is 27.4 Å². The Hall–Kier alpha value is -1.86. The summed E-state index contributed by atoms with van der Waals surface area (Å²) in [5.41, 5.74) is 6.48. The fraction of sp³-hybridized carbons (Fsp3) is 0.263. The van der Waals surface area contributed by atoms with Gasteiger partial charge in [-0.15, -0.1) is 0 Å². The van der Waals surface area contributed by atoms with Gasteiger partial charge in [0, 0.05) is 0 Å². The number of hydrogen-bond acceptors (Lipinski definition) is 1. The van der Waals surface area contributed by atoms with Gasteiger partial charge in [0.1, 0.15) is 0 Å². The number of ether oxygens (including phenoxy) is 1. The van der Waals surface area contributed by atoms with E-state index in [2.05, 4.69) is 57.2 Å². The lowest BCUT2D eigenvalue weighted by Gasteiger charge is -2.07. The summed E-state index contributed by atoms with van der Waals surface area (Å²) in [6, 6.07) is 14.7. The van der Waals surface area contributed by atoms with Crippen LogP contribution in [0.2, 0.25) is 0 Å². The Kier molecular flexibility index (Phi) is 5.14. The lowest BCUT2D eigenvalue weighted by Crippen LogP contribution is -1.93. The van der Waals surface area contributed by atoms with Crippen molar-refractivity contribution in [2.75, 3.05) is 6.61 Å². The molecule has 0 saturated heterocycles. The molecule has 1 heteroatoms. The molecule has 0 aliphatic heterocycles. The number of benzene rings is 2. The summed E-state index contributed by atoms with van der Waals surface area (Å²) in [4.78, 5) is 0. The zero-order valence-electron chi connectivity index (χ0n) is 12.5. The fourth-order valence-electron chi connectivity index (χ4n) is 2.44. The van der Waals surface area contributed by atoms with E-state index in [9.17, 15) is 0 Å². The largest absolute Gasteiger partial charge is 0.373 e. The molecule has 0 aromatic heterocycles. The third-order valence-electron chi connectivity index (χ3n) is 3.35. The molecule has 0 bridgehead atoms. The minimum absolute atomic E-state index is 0.641. The van der Waals surface area contributed by atoms with Crippen LogP contribution >= 0.6 is 0 Å². The van der Waals surface area contributed by atoms with Gasteiger partial charge >= 0.3 is 0 Å². The topological polar surface area (TPSA) is 9.23 Å². The van der Waals surface area contributed by atoms with Crippen molar-refractivity contribution in [3.8, 4) is 0 Å². The Morgan fingerprint density at radius 2 is 1.60 bits per heavy atom. The molecule has 0 amide bonds. The molecule has 1 nitrogen and oxygen atoms in total. The van der Waals surface area contributed by atoms with Crippen LogP contribution in [0, 0.1) is 20.8 Å². The van der Waals surface area contributed by atoms with Crippen LogP contribution in [0.15, 0.2) is 48.5 Å². The molecular formula is C19H22O. The molecule has 0 aliphatic carbocycles. The van der Waals surface area contributed by atoms with E-state index in [-0.39, 0.29) is 0 Å². The van der Waals surface area contributed by atoms with Crippen molar-refractivity contribution >= 4 is 6.08 Å². The first kappa shape index (κ1) is 14.5. The molecule has 2 aromatic carbocycles. The van der Waals surface area contributed by atoms with Gasteiger partial charge in [0.2, 0.25) is 0 Å². The number of hydrogen-bond donors (Lipinski definition) is 0. The number of aryl methyl sites for hydroxylation is 3. The average Bonchev–Trinajstić information content (AvgIpc) is 2.42. The smallest absolute Gasteiger partial charge is 0.0721 e. The van der Waals surface area contributed by atoms with Gasteiger partial charge in [-0.05, 0) is 43.0 Å². The lowest BCUT2D eigenvalue weighted by molar-refractivity contribution is 0.149. The highest BCUT2D eigenvalue weighted by molar-refractivity contribution is 5.58. The Labute approximate surface area is 121 Å². The van der Waals surface area contributed by atoms with Crippen LogP contribution in [-0.2, 0) is 11.3 Å². The fourth-order valence-corrected chi connectivity index (χ4v) is 2.44. The zero-order chi connectivity index (χ0) is 14.4. The molecule has 0 atom stereocenters. The molecule has 0 aliphatic rings. The summed E-state index contributed by atoms with van der Waals surface area (Å²) in [5, 5.41) is 0. The standard InChI is InChI=1S/C19H22O/c1-15-12-16(2)19(17(3)13-15)10-7-11-20-14-18-8-5-4-6-9-18/h4-10,12-13H,11,14H2,1-3H3. The van der Waals surface area contributed by atoms with Crippen molar-refractivity contribution in [1.82, 2.24) is 0 Å². The molecule has 0 N–H and O–H groups in total. The van der Waals surface area contributed by atoms with Gasteiger partial charge in [-0.25, -0.2) is 0 Å². The van der Waals surface area contributed by atoms with Gasteiger partial charge in [0.25, 0.3) is 0 Å². The van der Waals surface area contributed by atoms with E-state index in [4.69, 9.17) is 4.74 Å². The van der Waals surface area contributed by atoms with Gasteiger partial charge in [-0.1, -0.05) is 60.2 Å². The van der Waals surface area contributed by atoms with Crippen LogP contribution in [0.4, 0.5) is 0 Å². The molecule has 20 heavy (non-hydrogen) atoms. The van der Waals surface area contributed by atoms with Gasteiger partial charge in [0.15, 0.2) is 0 Å². The summed E-state index contributed by atoms with van der Waals surface area (Å²) in [6.07, 6.45) is 4.25. The van der Waals surface area contributed by atoms with E-state index in [0.717, 1.165) is 0 Å². The summed E-state index contributed by atoms with van der Waals surface area (Å²) in [6.45, 7) is 7.75. The van der Waals surface area contributed by atoms with Crippen LogP contribution in [0.1, 0.15) is 27.8 Å². The molecule has 2 aromatic rings. The maximum Gasteiger partial charge on any atom is 0.0721 e. The Morgan fingerprint density at radius 1 is 0.950 bits per heavy atom. The van der Waals surface area contributed by atoms with Gasteiger partial charge < -0.3 is 4.74 Å². The lowest BCUT2D eigenvalue weighted by atomic mass is 9.99. The number of rotatable bonds is 5. The van der Waals surface area contributed by atoms with Crippen LogP contribution in [0.5, 0.6) is 0 Å². The molecule has 0 radical (unpaired) electrons. The first-order valence-corrected chi connectivity index (χ1v) is 7.03. The SMILES string of the molecule is Cc1cc(C)c(C=CCOCc2ccccc2)c(C)c1. The third kappa shape index (κ3) is 4.07. The predicted octanol–water partition coefficient (Wildman–Crippen LogP) is 4.84. The van der Waals surface area contributed by atoms with Crippen LogP contribution in [-0.4, -0.2) is 6.61 Å². The van der Waals surface area contributed by atoms with Gasteiger partial charge in [0.05, 0.1) is 13.2 Å². The molecule has 0 heterocycles.